The standard InChI is InChI=1S/C16H23N3O4S/c1-2-19(14-6-4-3-5-7-14)11-16(21)18-17-15(20)10-13-8-9-24(22,23)12-13/h3-7,13H,2,8-12H2,1H3,(H,17,20)(H,18,21). The molecule has 1 fully saturated rings. The zero-order chi connectivity index (χ0) is 17.6. The molecule has 1 aliphatic rings. The zero-order valence-electron chi connectivity index (χ0n) is 13.7. The van der Waals surface area contributed by atoms with Gasteiger partial charge >= 0.3 is 0 Å². The van der Waals surface area contributed by atoms with E-state index in [0.29, 0.717) is 13.0 Å². The Morgan fingerprint density at radius 1 is 1.17 bits per heavy atom. The molecule has 2 amide bonds. The Morgan fingerprint density at radius 3 is 2.42 bits per heavy atom. The quantitative estimate of drug-likeness (QED) is 0.726. The molecule has 8 heteroatoms. The second kappa shape index (κ2) is 8.14. The third kappa shape index (κ3) is 5.52. The molecule has 1 unspecified atom stereocenters. The number of nitrogens with one attached hydrogen (secondary N) is 2. The maximum Gasteiger partial charge on any atom is 0.257 e. The molecule has 1 aromatic rings. The third-order valence-electron chi connectivity index (χ3n) is 3.98. The van der Waals surface area contributed by atoms with Crippen molar-refractivity contribution in [3.63, 3.8) is 0 Å². The van der Waals surface area contributed by atoms with E-state index in [2.05, 4.69) is 10.9 Å². The van der Waals surface area contributed by atoms with E-state index < -0.39 is 9.84 Å². The maximum absolute atomic E-state index is 12.0. The van der Waals surface area contributed by atoms with Crippen LogP contribution in [0.1, 0.15) is 19.8 Å². The van der Waals surface area contributed by atoms with Crippen LogP contribution < -0.4 is 15.8 Å². The fraction of sp³-hybridized carbons (Fsp3) is 0.500. The number of nitrogens with zero attached hydrogens (tertiary/aromatic N) is 1. The van der Waals surface area contributed by atoms with Gasteiger partial charge in [-0.15, -0.1) is 0 Å². The van der Waals surface area contributed by atoms with Crippen LogP contribution in [-0.2, 0) is 19.4 Å². The van der Waals surface area contributed by atoms with Gasteiger partial charge in [0.1, 0.15) is 0 Å². The Labute approximate surface area is 142 Å². The number of para-hydroxylation sites is 1. The number of hydrazine groups is 1. The molecule has 0 aliphatic carbocycles. The van der Waals surface area contributed by atoms with E-state index in [4.69, 9.17) is 0 Å². The summed E-state index contributed by atoms with van der Waals surface area (Å²) in [5, 5.41) is 0. The molecule has 1 aromatic carbocycles. The first-order valence-electron chi connectivity index (χ1n) is 7.97. The normalized spacial score (nSPS) is 18.8. The van der Waals surface area contributed by atoms with Gasteiger partial charge in [-0.25, -0.2) is 8.42 Å². The molecule has 0 saturated carbocycles. The Morgan fingerprint density at radius 2 is 1.83 bits per heavy atom. The summed E-state index contributed by atoms with van der Waals surface area (Å²) in [5.41, 5.74) is 5.67. The first-order chi connectivity index (χ1) is 11.4. The van der Waals surface area contributed by atoms with Crippen molar-refractivity contribution in [2.45, 2.75) is 19.8 Å². The van der Waals surface area contributed by atoms with Crippen LogP contribution >= 0.6 is 0 Å². The van der Waals surface area contributed by atoms with Crippen LogP contribution in [0.5, 0.6) is 0 Å². The highest BCUT2D eigenvalue weighted by Gasteiger charge is 2.29. The summed E-state index contributed by atoms with van der Waals surface area (Å²) in [5.74, 6) is -0.670. The molecule has 2 rings (SSSR count). The molecule has 1 saturated heterocycles. The van der Waals surface area contributed by atoms with Gasteiger partial charge in [-0.1, -0.05) is 18.2 Å². The Kier molecular flexibility index (Phi) is 6.19. The fourth-order valence-electron chi connectivity index (χ4n) is 2.72. The van der Waals surface area contributed by atoms with Crippen molar-refractivity contribution in [1.82, 2.24) is 10.9 Å². The van der Waals surface area contributed by atoms with Crippen molar-refractivity contribution >= 4 is 27.3 Å². The number of hydrogen-bond acceptors (Lipinski definition) is 5. The van der Waals surface area contributed by atoms with Gasteiger partial charge in [0.15, 0.2) is 9.84 Å². The minimum absolute atomic E-state index is 0.0476. The van der Waals surface area contributed by atoms with Crippen molar-refractivity contribution in [2.75, 3.05) is 29.5 Å². The lowest BCUT2D eigenvalue weighted by molar-refractivity contribution is -0.128. The average molecular weight is 353 g/mol. The molecule has 0 aromatic heterocycles. The van der Waals surface area contributed by atoms with Gasteiger partial charge in [0, 0.05) is 18.7 Å². The third-order valence-corrected chi connectivity index (χ3v) is 5.82. The highest BCUT2D eigenvalue weighted by atomic mass is 32.2. The topological polar surface area (TPSA) is 95.6 Å². The van der Waals surface area contributed by atoms with E-state index >= 15 is 0 Å². The van der Waals surface area contributed by atoms with E-state index in [1.54, 1.807) is 0 Å². The van der Waals surface area contributed by atoms with Crippen molar-refractivity contribution in [2.24, 2.45) is 5.92 Å². The highest BCUT2D eigenvalue weighted by Crippen LogP contribution is 2.21. The summed E-state index contributed by atoms with van der Waals surface area (Å²) in [7, 11) is -3.00. The van der Waals surface area contributed by atoms with Crippen LogP contribution in [0.25, 0.3) is 0 Å². The number of hydrogen-bond donors (Lipinski definition) is 2. The smallest absolute Gasteiger partial charge is 0.257 e. The van der Waals surface area contributed by atoms with E-state index in [-0.39, 0.29) is 42.2 Å². The number of amides is 2. The Bertz CT molecular complexity index is 676. The molecule has 24 heavy (non-hydrogen) atoms. The predicted octanol–water partition coefficient (Wildman–Crippen LogP) is 0.485. The summed E-state index contributed by atoms with van der Waals surface area (Å²) < 4.78 is 22.7. The molecule has 132 valence electrons. The largest absolute Gasteiger partial charge is 0.362 e. The molecule has 0 spiro atoms. The molecular formula is C16H23N3O4S. The molecular weight excluding hydrogens is 330 g/mol. The van der Waals surface area contributed by atoms with Crippen molar-refractivity contribution < 1.29 is 18.0 Å². The van der Waals surface area contributed by atoms with Gasteiger partial charge in [0.25, 0.3) is 5.91 Å². The highest BCUT2D eigenvalue weighted by molar-refractivity contribution is 7.91. The van der Waals surface area contributed by atoms with Crippen LogP contribution in [0.15, 0.2) is 30.3 Å². The SMILES string of the molecule is CCN(CC(=O)NNC(=O)CC1CCS(=O)(=O)C1)c1ccccc1. The van der Waals surface area contributed by atoms with Crippen molar-refractivity contribution in [3.05, 3.63) is 30.3 Å². The summed E-state index contributed by atoms with van der Waals surface area (Å²) in [4.78, 5) is 25.7. The van der Waals surface area contributed by atoms with E-state index in [9.17, 15) is 18.0 Å². The van der Waals surface area contributed by atoms with Crippen LogP contribution in [0.3, 0.4) is 0 Å². The van der Waals surface area contributed by atoms with E-state index in [0.717, 1.165) is 5.69 Å². The summed E-state index contributed by atoms with van der Waals surface area (Å²) in [6.45, 7) is 2.73. The van der Waals surface area contributed by atoms with Crippen molar-refractivity contribution in [3.8, 4) is 0 Å². The molecule has 7 nitrogen and oxygen atoms in total. The van der Waals surface area contributed by atoms with Crippen molar-refractivity contribution in [1.29, 1.82) is 0 Å². The molecule has 0 radical (unpaired) electrons. The predicted molar refractivity (Wildman–Crippen MR) is 92.0 cm³/mol. The number of benzene rings is 1. The first-order valence-corrected chi connectivity index (χ1v) is 9.80. The van der Waals surface area contributed by atoms with Gasteiger partial charge in [-0.3, -0.25) is 20.4 Å². The minimum Gasteiger partial charge on any atom is -0.362 e. The molecule has 0 bridgehead atoms. The van der Waals surface area contributed by atoms with Gasteiger partial charge in [0.2, 0.25) is 5.91 Å². The number of carbonyl (C=O) groups is 2. The maximum atomic E-state index is 12.0. The Hall–Kier alpha value is -2.09. The zero-order valence-corrected chi connectivity index (χ0v) is 14.5. The molecule has 1 heterocycles. The number of rotatable bonds is 6. The fourth-order valence-corrected chi connectivity index (χ4v) is 4.58. The summed E-state index contributed by atoms with van der Waals surface area (Å²) >= 11 is 0. The van der Waals surface area contributed by atoms with Crippen LogP contribution in [0, 0.1) is 5.92 Å². The lowest BCUT2D eigenvalue weighted by atomic mass is 10.1. The van der Waals surface area contributed by atoms with E-state index in [1.165, 1.54) is 0 Å². The number of carbonyl (C=O) groups excluding carboxylic acids is 2. The first kappa shape index (κ1) is 18.3. The average Bonchev–Trinajstić information content (AvgIpc) is 2.90. The summed E-state index contributed by atoms with van der Waals surface area (Å²) in [6, 6.07) is 9.52. The van der Waals surface area contributed by atoms with Gasteiger partial charge in [-0.05, 0) is 31.4 Å². The van der Waals surface area contributed by atoms with Crippen LogP contribution in [0.2, 0.25) is 0 Å². The Balaban J connectivity index is 1.75. The molecule has 1 atom stereocenters. The number of likely N-dealkylation sites (N-methyl/N-ethyl adjacent to an activating group) is 1. The van der Waals surface area contributed by atoms with Crippen LogP contribution in [-0.4, -0.2) is 44.8 Å². The van der Waals surface area contributed by atoms with Gasteiger partial charge in [0.05, 0.1) is 18.1 Å². The second-order valence-corrected chi connectivity index (χ2v) is 8.15. The molecule has 1 aliphatic heterocycles. The number of anilines is 1. The van der Waals surface area contributed by atoms with E-state index in [1.807, 2.05) is 42.2 Å². The monoisotopic (exact) mass is 353 g/mol. The van der Waals surface area contributed by atoms with Gasteiger partial charge < -0.3 is 4.90 Å². The molecule has 2 N–H and O–H groups in total. The summed E-state index contributed by atoms with van der Waals surface area (Å²) in [6.07, 6.45) is 0.608. The second-order valence-electron chi connectivity index (χ2n) is 5.92. The van der Waals surface area contributed by atoms with Gasteiger partial charge in [-0.2, -0.15) is 0 Å². The lowest BCUT2D eigenvalue weighted by Gasteiger charge is -2.22. The van der Waals surface area contributed by atoms with Crippen LogP contribution in [0.4, 0.5) is 5.69 Å². The lowest BCUT2D eigenvalue weighted by Crippen LogP contribution is -2.47. The number of sulfone groups is 1. The minimum atomic E-state index is -3.00.